The zero-order chi connectivity index (χ0) is 12.5. The van der Waals surface area contributed by atoms with Gasteiger partial charge in [0, 0.05) is 19.7 Å². The number of hydrogen-bond acceptors (Lipinski definition) is 2. The first-order chi connectivity index (χ1) is 7.97. The van der Waals surface area contributed by atoms with Crippen LogP contribution < -0.4 is 0 Å². The molecule has 0 spiro atoms. The van der Waals surface area contributed by atoms with Gasteiger partial charge in [0.15, 0.2) is 0 Å². The molecule has 0 bridgehead atoms. The lowest BCUT2D eigenvalue weighted by Gasteiger charge is -2.23. The van der Waals surface area contributed by atoms with Crippen molar-refractivity contribution in [3.8, 4) is 0 Å². The second kappa shape index (κ2) is 4.30. The molecular weight excluding hydrogens is 219 g/mol. The number of aryl methyl sites for hydroxylation is 1. The Labute approximate surface area is 99.5 Å². The molecular formula is C13H15FN2O. The molecule has 1 heterocycles. The minimum Gasteiger partial charge on any atom is -0.385 e. The highest BCUT2D eigenvalue weighted by Crippen LogP contribution is 2.25. The average molecular weight is 234 g/mol. The Balaban J connectivity index is 2.21. The molecule has 1 aromatic carbocycles. The van der Waals surface area contributed by atoms with Crippen LogP contribution in [0, 0.1) is 5.82 Å². The Morgan fingerprint density at radius 1 is 1.35 bits per heavy atom. The van der Waals surface area contributed by atoms with Crippen molar-refractivity contribution in [1.82, 2.24) is 9.78 Å². The Bertz CT molecular complexity index is 502. The van der Waals surface area contributed by atoms with Crippen molar-refractivity contribution in [2.45, 2.75) is 18.9 Å². The molecule has 0 fully saturated rings. The molecule has 1 N–H and O–H groups in total. The summed E-state index contributed by atoms with van der Waals surface area (Å²) in [6, 6.07) is 5.91. The molecule has 0 amide bonds. The molecule has 1 aromatic heterocycles. The second-order valence-electron chi connectivity index (χ2n) is 4.48. The lowest BCUT2D eigenvalue weighted by Crippen LogP contribution is -2.24. The van der Waals surface area contributed by atoms with Crippen LogP contribution in [0.4, 0.5) is 4.39 Å². The van der Waals surface area contributed by atoms with Crippen LogP contribution in [0.3, 0.4) is 0 Å². The predicted molar refractivity (Wildman–Crippen MR) is 62.9 cm³/mol. The lowest BCUT2D eigenvalue weighted by molar-refractivity contribution is 0.0575. The first-order valence-electron chi connectivity index (χ1n) is 5.43. The van der Waals surface area contributed by atoms with Crippen LogP contribution in [-0.4, -0.2) is 14.9 Å². The number of benzene rings is 1. The van der Waals surface area contributed by atoms with Gasteiger partial charge in [0.2, 0.25) is 0 Å². The molecule has 0 saturated carbocycles. The molecule has 0 aliphatic carbocycles. The topological polar surface area (TPSA) is 38.0 Å². The summed E-state index contributed by atoms with van der Waals surface area (Å²) < 4.78 is 14.5. The number of rotatable bonds is 3. The van der Waals surface area contributed by atoms with Crippen LogP contribution in [0.5, 0.6) is 0 Å². The van der Waals surface area contributed by atoms with Gasteiger partial charge in [-0.05, 0) is 30.2 Å². The zero-order valence-electron chi connectivity index (χ0n) is 9.89. The van der Waals surface area contributed by atoms with Crippen LogP contribution >= 0.6 is 0 Å². The maximum absolute atomic E-state index is 12.8. The van der Waals surface area contributed by atoms with Gasteiger partial charge in [-0.1, -0.05) is 12.1 Å². The summed E-state index contributed by atoms with van der Waals surface area (Å²) in [7, 11) is 1.83. The fourth-order valence-corrected chi connectivity index (χ4v) is 1.87. The fourth-order valence-electron chi connectivity index (χ4n) is 1.87. The molecule has 3 nitrogen and oxygen atoms in total. The number of aromatic nitrogens is 2. The van der Waals surface area contributed by atoms with Gasteiger partial charge in [-0.25, -0.2) is 4.39 Å². The quantitative estimate of drug-likeness (QED) is 0.882. The van der Waals surface area contributed by atoms with Gasteiger partial charge in [0.1, 0.15) is 5.82 Å². The third-order valence-corrected chi connectivity index (χ3v) is 2.77. The fraction of sp³-hybridized carbons (Fsp3) is 0.308. The first-order valence-corrected chi connectivity index (χ1v) is 5.43. The van der Waals surface area contributed by atoms with E-state index < -0.39 is 5.60 Å². The Morgan fingerprint density at radius 3 is 2.53 bits per heavy atom. The lowest BCUT2D eigenvalue weighted by atomic mass is 9.90. The molecule has 1 atom stereocenters. The summed E-state index contributed by atoms with van der Waals surface area (Å²) in [5.41, 5.74) is 0.626. The summed E-state index contributed by atoms with van der Waals surface area (Å²) in [6.07, 6.45) is 4.03. The molecule has 0 aliphatic heterocycles. The van der Waals surface area contributed by atoms with E-state index in [1.165, 1.54) is 12.1 Å². The van der Waals surface area contributed by atoms with Gasteiger partial charge in [-0.2, -0.15) is 5.10 Å². The van der Waals surface area contributed by atoms with E-state index in [0.29, 0.717) is 12.0 Å². The van der Waals surface area contributed by atoms with Gasteiger partial charge >= 0.3 is 0 Å². The van der Waals surface area contributed by atoms with E-state index in [1.54, 1.807) is 29.9 Å². The highest BCUT2D eigenvalue weighted by molar-refractivity contribution is 5.24. The maximum Gasteiger partial charge on any atom is 0.123 e. The number of hydrogen-bond donors (Lipinski definition) is 1. The van der Waals surface area contributed by atoms with Gasteiger partial charge in [-0.3, -0.25) is 4.68 Å². The smallest absolute Gasteiger partial charge is 0.123 e. The molecule has 17 heavy (non-hydrogen) atoms. The normalized spacial score (nSPS) is 14.6. The Kier molecular flexibility index (Phi) is 2.98. The summed E-state index contributed by atoms with van der Waals surface area (Å²) in [5, 5.41) is 14.4. The number of halogens is 1. The summed E-state index contributed by atoms with van der Waals surface area (Å²) in [5.74, 6) is -0.300. The molecule has 0 aliphatic rings. The van der Waals surface area contributed by atoms with Gasteiger partial charge in [0.25, 0.3) is 0 Å². The van der Waals surface area contributed by atoms with E-state index in [4.69, 9.17) is 0 Å². The summed E-state index contributed by atoms with van der Waals surface area (Å²) in [6.45, 7) is 1.72. The highest BCUT2D eigenvalue weighted by atomic mass is 19.1. The summed E-state index contributed by atoms with van der Waals surface area (Å²) >= 11 is 0. The van der Waals surface area contributed by atoms with Crippen molar-refractivity contribution in [2.75, 3.05) is 0 Å². The van der Waals surface area contributed by atoms with Crippen LogP contribution in [0.1, 0.15) is 18.1 Å². The van der Waals surface area contributed by atoms with E-state index in [0.717, 1.165) is 5.56 Å². The van der Waals surface area contributed by atoms with E-state index in [2.05, 4.69) is 5.10 Å². The number of aliphatic hydroxyl groups is 1. The minimum atomic E-state index is -1.02. The van der Waals surface area contributed by atoms with E-state index in [-0.39, 0.29) is 5.82 Å². The van der Waals surface area contributed by atoms with Crippen molar-refractivity contribution in [3.05, 3.63) is 53.6 Å². The molecule has 90 valence electrons. The summed E-state index contributed by atoms with van der Waals surface area (Å²) in [4.78, 5) is 0. The van der Waals surface area contributed by atoms with Crippen molar-refractivity contribution in [3.63, 3.8) is 0 Å². The van der Waals surface area contributed by atoms with Crippen LogP contribution in [0.15, 0.2) is 36.7 Å². The largest absolute Gasteiger partial charge is 0.385 e. The molecule has 0 radical (unpaired) electrons. The third-order valence-electron chi connectivity index (χ3n) is 2.77. The third kappa shape index (κ3) is 2.71. The van der Waals surface area contributed by atoms with Crippen LogP contribution in [0.25, 0.3) is 0 Å². The van der Waals surface area contributed by atoms with Crippen LogP contribution in [-0.2, 0) is 19.1 Å². The van der Waals surface area contributed by atoms with Crippen LogP contribution in [0.2, 0.25) is 0 Å². The zero-order valence-corrected chi connectivity index (χ0v) is 9.89. The molecule has 0 saturated heterocycles. The minimum absolute atomic E-state index is 0.300. The molecule has 4 heteroatoms. The monoisotopic (exact) mass is 234 g/mol. The van der Waals surface area contributed by atoms with E-state index in [1.807, 2.05) is 13.2 Å². The second-order valence-corrected chi connectivity index (χ2v) is 4.48. The van der Waals surface area contributed by atoms with E-state index >= 15 is 0 Å². The standard InChI is InChI=1S/C13H15FN2O/c1-13(17,7-10-8-15-16(2)9-10)11-3-5-12(14)6-4-11/h3-6,8-9,17H,7H2,1-2H3. The SMILES string of the molecule is Cn1cc(CC(C)(O)c2ccc(F)cc2)cn1. The number of nitrogens with zero attached hydrogens (tertiary/aromatic N) is 2. The maximum atomic E-state index is 12.8. The van der Waals surface area contributed by atoms with Crippen molar-refractivity contribution in [2.24, 2.45) is 7.05 Å². The molecule has 1 unspecified atom stereocenters. The van der Waals surface area contributed by atoms with Gasteiger partial charge in [-0.15, -0.1) is 0 Å². The van der Waals surface area contributed by atoms with E-state index in [9.17, 15) is 9.50 Å². The average Bonchev–Trinajstić information content (AvgIpc) is 2.63. The van der Waals surface area contributed by atoms with Crippen molar-refractivity contribution < 1.29 is 9.50 Å². The van der Waals surface area contributed by atoms with Crippen molar-refractivity contribution in [1.29, 1.82) is 0 Å². The predicted octanol–water partition coefficient (Wildman–Crippen LogP) is 2.01. The van der Waals surface area contributed by atoms with Crippen molar-refractivity contribution >= 4 is 0 Å². The Morgan fingerprint density at radius 2 is 2.00 bits per heavy atom. The molecule has 2 aromatic rings. The Hall–Kier alpha value is -1.68. The highest BCUT2D eigenvalue weighted by Gasteiger charge is 2.24. The molecule has 2 rings (SSSR count). The first kappa shape index (κ1) is 11.8. The van der Waals surface area contributed by atoms with Gasteiger partial charge in [0.05, 0.1) is 11.8 Å². The van der Waals surface area contributed by atoms with Gasteiger partial charge < -0.3 is 5.11 Å².